The second kappa shape index (κ2) is 7.74. The molecule has 0 aliphatic heterocycles. The molecule has 0 aromatic heterocycles. The van der Waals surface area contributed by atoms with Crippen molar-refractivity contribution in [2.45, 2.75) is 5.60 Å². The van der Waals surface area contributed by atoms with Gasteiger partial charge in [-0.3, -0.25) is 4.79 Å². The molecule has 7 rings (SSSR count). The van der Waals surface area contributed by atoms with E-state index < -0.39 is 5.60 Å². The van der Waals surface area contributed by atoms with Crippen LogP contribution >= 0.6 is 0 Å². The molecule has 1 aliphatic carbocycles. The Balaban J connectivity index is 1.47. The summed E-state index contributed by atoms with van der Waals surface area (Å²) in [7, 11) is 0. The third-order valence-electron chi connectivity index (χ3n) is 7.47. The summed E-state index contributed by atoms with van der Waals surface area (Å²) in [6, 6.07) is 42.0. The van der Waals surface area contributed by atoms with Gasteiger partial charge in [0.15, 0.2) is 5.78 Å². The molecule has 2 heteroatoms. The molecule has 0 saturated heterocycles. The van der Waals surface area contributed by atoms with E-state index in [4.69, 9.17) is 0 Å². The monoisotopic (exact) mass is 462 g/mol. The molecule has 0 amide bonds. The lowest BCUT2D eigenvalue weighted by molar-refractivity contribution is 0.0953. The van der Waals surface area contributed by atoms with Gasteiger partial charge in [0.1, 0.15) is 5.60 Å². The highest BCUT2D eigenvalue weighted by Gasteiger charge is 2.44. The number of carbonyl (C=O) groups is 1. The van der Waals surface area contributed by atoms with Crippen LogP contribution in [0.25, 0.3) is 32.7 Å². The molecule has 0 bridgehead atoms. The molecular weight excluding hydrogens is 440 g/mol. The predicted octanol–water partition coefficient (Wildman–Crippen LogP) is 7.49. The van der Waals surface area contributed by atoms with Crippen molar-refractivity contribution in [2.24, 2.45) is 0 Å². The van der Waals surface area contributed by atoms with Crippen molar-refractivity contribution in [1.29, 1.82) is 0 Å². The summed E-state index contributed by atoms with van der Waals surface area (Å²) in [6.45, 7) is 0. The first kappa shape index (κ1) is 20.8. The van der Waals surface area contributed by atoms with Crippen LogP contribution < -0.4 is 0 Å². The Bertz CT molecular complexity index is 1820. The van der Waals surface area contributed by atoms with Crippen LogP contribution in [0.4, 0.5) is 0 Å². The Hall–Kier alpha value is -4.53. The summed E-state index contributed by atoms with van der Waals surface area (Å²) < 4.78 is 0. The molecule has 1 unspecified atom stereocenters. The molecule has 36 heavy (non-hydrogen) atoms. The smallest absolute Gasteiger partial charge is 0.194 e. The van der Waals surface area contributed by atoms with Gasteiger partial charge in [0.05, 0.1) is 0 Å². The van der Waals surface area contributed by atoms with Gasteiger partial charge in [0, 0.05) is 22.3 Å². The van der Waals surface area contributed by atoms with Crippen LogP contribution in [-0.4, -0.2) is 10.9 Å². The highest BCUT2D eigenvalue weighted by atomic mass is 16.3. The van der Waals surface area contributed by atoms with Gasteiger partial charge >= 0.3 is 0 Å². The second-order valence-electron chi connectivity index (χ2n) is 9.44. The largest absolute Gasteiger partial charge is 0.376 e. The lowest BCUT2D eigenvalue weighted by Crippen LogP contribution is -2.36. The maximum atomic E-state index is 13.7. The standard InChI is InChI=1S/C34H22O2/c35-33-29-12-6-7-13-30(29)34(36,31-19-17-23-10-4-5-11-28(23)32(31)33)27-18-16-25-20-24(14-15-26(25)21-27)22-8-2-1-3-9-22/h1-21,36H. The van der Waals surface area contributed by atoms with Gasteiger partial charge in [-0.1, -0.05) is 115 Å². The second-order valence-corrected chi connectivity index (χ2v) is 9.44. The van der Waals surface area contributed by atoms with Crippen LogP contribution in [0.1, 0.15) is 32.6 Å². The number of rotatable bonds is 2. The maximum Gasteiger partial charge on any atom is 0.194 e. The van der Waals surface area contributed by atoms with E-state index in [0.717, 1.165) is 32.7 Å². The zero-order valence-corrected chi connectivity index (χ0v) is 19.5. The summed E-state index contributed by atoms with van der Waals surface area (Å²) >= 11 is 0. The summed E-state index contributed by atoms with van der Waals surface area (Å²) in [6.07, 6.45) is 0. The number of fused-ring (bicyclic) bond motifs is 5. The van der Waals surface area contributed by atoms with Gasteiger partial charge in [0.2, 0.25) is 0 Å². The van der Waals surface area contributed by atoms with Crippen LogP contribution in [0.3, 0.4) is 0 Å². The van der Waals surface area contributed by atoms with Crippen molar-refractivity contribution in [2.75, 3.05) is 0 Å². The Morgan fingerprint density at radius 1 is 0.528 bits per heavy atom. The van der Waals surface area contributed by atoms with Crippen LogP contribution in [0, 0.1) is 0 Å². The molecule has 0 fully saturated rings. The van der Waals surface area contributed by atoms with Gasteiger partial charge in [-0.15, -0.1) is 0 Å². The Morgan fingerprint density at radius 3 is 2.11 bits per heavy atom. The van der Waals surface area contributed by atoms with Crippen molar-refractivity contribution in [3.63, 3.8) is 0 Å². The van der Waals surface area contributed by atoms with E-state index in [-0.39, 0.29) is 5.78 Å². The maximum absolute atomic E-state index is 13.7. The van der Waals surface area contributed by atoms with Gasteiger partial charge in [-0.05, 0) is 50.4 Å². The quantitative estimate of drug-likeness (QED) is 0.289. The third-order valence-corrected chi connectivity index (χ3v) is 7.47. The fourth-order valence-electron chi connectivity index (χ4n) is 5.69. The zero-order chi connectivity index (χ0) is 24.3. The molecule has 2 nitrogen and oxygen atoms in total. The average Bonchev–Trinajstić information content (AvgIpc) is 2.95. The molecule has 1 aliphatic rings. The number of hydrogen-bond acceptors (Lipinski definition) is 2. The molecule has 0 radical (unpaired) electrons. The Labute approximate surface area is 209 Å². The minimum atomic E-state index is -1.45. The SMILES string of the molecule is O=C1c2ccccc2C(O)(c2ccc3cc(-c4ccccc4)ccc3c2)c2ccc3ccccc3c21. The first-order valence-corrected chi connectivity index (χ1v) is 12.1. The summed E-state index contributed by atoms with van der Waals surface area (Å²) in [4.78, 5) is 13.7. The lowest BCUT2D eigenvalue weighted by Gasteiger charge is -2.37. The molecule has 6 aromatic rings. The van der Waals surface area contributed by atoms with E-state index in [1.807, 2.05) is 84.9 Å². The first-order valence-electron chi connectivity index (χ1n) is 12.1. The van der Waals surface area contributed by atoms with Gasteiger partial charge in [0.25, 0.3) is 0 Å². The molecule has 170 valence electrons. The normalized spacial score (nSPS) is 16.6. The van der Waals surface area contributed by atoms with Crippen LogP contribution in [0.5, 0.6) is 0 Å². The highest BCUT2D eigenvalue weighted by molar-refractivity contribution is 6.20. The average molecular weight is 463 g/mol. The number of hydrogen-bond donors (Lipinski definition) is 1. The molecule has 0 saturated carbocycles. The van der Waals surface area contributed by atoms with E-state index in [9.17, 15) is 9.90 Å². The van der Waals surface area contributed by atoms with E-state index in [2.05, 4.69) is 42.5 Å². The van der Waals surface area contributed by atoms with Crippen molar-refractivity contribution in [3.8, 4) is 11.1 Å². The van der Waals surface area contributed by atoms with E-state index in [0.29, 0.717) is 22.3 Å². The van der Waals surface area contributed by atoms with Crippen molar-refractivity contribution >= 4 is 27.3 Å². The molecule has 1 N–H and O–H groups in total. The van der Waals surface area contributed by atoms with E-state index in [1.165, 1.54) is 5.56 Å². The minimum Gasteiger partial charge on any atom is -0.376 e. The summed E-state index contributed by atoms with van der Waals surface area (Å²) in [5.74, 6) is -0.0460. The van der Waals surface area contributed by atoms with Crippen LogP contribution in [0.2, 0.25) is 0 Å². The summed E-state index contributed by atoms with van der Waals surface area (Å²) in [5, 5.41) is 16.5. The van der Waals surface area contributed by atoms with Gasteiger partial charge in [-0.25, -0.2) is 0 Å². The lowest BCUT2D eigenvalue weighted by atomic mass is 9.69. The highest BCUT2D eigenvalue weighted by Crippen LogP contribution is 2.46. The fraction of sp³-hybridized carbons (Fsp3) is 0.0294. The molecule has 1 atom stereocenters. The fourth-order valence-corrected chi connectivity index (χ4v) is 5.69. The Kier molecular flexibility index (Phi) is 4.47. The van der Waals surface area contributed by atoms with Gasteiger partial charge < -0.3 is 5.11 Å². The topological polar surface area (TPSA) is 37.3 Å². The van der Waals surface area contributed by atoms with E-state index in [1.54, 1.807) is 0 Å². The molecule has 0 spiro atoms. The number of ketones is 1. The van der Waals surface area contributed by atoms with Crippen LogP contribution in [0.15, 0.2) is 127 Å². The number of carbonyl (C=O) groups excluding carboxylic acids is 1. The molecule has 0 heterocycles. The number of aliphatic hydroxyl groups is 1. The van der Waals surface area contributed by atoms with Gasteiger partial charge in [-0.2, -0.15) is 0 Å². The van der Waals surface area contributed by atoms with E-state index >= 15 is 0 Å². The predicted molar refractivity (Wildman–Crippen MR) is 145 cm³/mol. The number of benzene rings is 6. The van der Waals surface area contributed by atoms with Crippen molar-refractivity contribution in [3.05, 3.63) is 155 Å². The molecular formula is C34H22O2. The third kappa shape index (κ3) is 2.92. The Morgan fingerprint density at radius 2 is 1.22 bits per heavy atom. The van der Waals surface area contributed by atoms with Crippen molar-refractivity contribution < 1.29 is 9.90 Å². The zero-order valence-electron chi connectivity index (χ0n) is 19.5. The summed E-state index contributed by atoms with van der Waals surface area (Å²) in [5.41, 5.74) is 4.00. The molecule has 6 aromatic carbocycles. The minimum absolute atomic E-state index is 0.0460. The van der Waals surface area contributed by atoms with Crippen LogP contribution in [-0.2, 0) is 5.60 Å². The first-order chi connectivity index (χ1) is 17.6. The van der Waals surface area contributed by atoms with Crippen molar-refractivity contribution in [1.82, 2.24) is 0 Å².